The highest BCUT2D eigenvalue weighted by molar-refractivity contribution is 8.14. The summed E-state index contributed by atoms with van der Waals surface area (Å²) in [5.74, 6) is 1.62. The predicted octanol–water partition coefficient (Wildman–Crippen LogP) is 3.69. The van der Waals surface area contributed by atoms with Crippen molar-refractivity contribution in [2.75, 3.05) is 20.8 Å². The van der Waals surface area contributed by atoms with Gasteiger partial charge in [-0.05, 0) is 24.3 Å². The molecule has 3 unspecified atom stereocenters. The molecule has 1 fully saturated rings. The third kappa shape index (κ3) is 2.84. The van der Waals surface area contributed by atoms with Crippen LogP contribution in [0.5, 0.6) is 11.5 Å². The molecule has 1 aromatic heterocycles. The molecule has 2 aliphatic heterocycles. The summed E-state index contributed by atoms with van der Waals surface area (Å²) in [6.07, 6.45) is 1.83. The SMILES string of the molecule is COc1ccc(C2C(c3ccccn3)N=C3SC(C)CN32)c(OC)c1. The molecular weight excluding hydrogens is 334 g/mol. The molecule has 1 aromatic carbocycles. The molecule has 0 bridgehead atoms. The molecule has 0 N–H and O–H groups in total. The lowest BCUT2D eigenvalue weighted by molar-refractivity contribution is 0.306. The van der Waals surface area contributed by atoms with Crippen LogP contribution in [-0.4, -0.2) is 41.1 Å². The minimum absolute atomic E-state index is 0.0292. The molecule has 5 nitrogen and oxygen atoms in total. The first-order valence-electron chi connectivity index (χ1n) is 8.35. The molecular formula is C19H21N3O2S. The van der Waals surface area contributed by atoms with E-state index in [0.717, 1.165) is 34.5 Å². The minimum atomic E-state index is -0.0292. The fourth-order valence-corrected chi connectivity index (χ4v) is 4.61. The molecule has 0 amide bonds. The summed E-state index contributed by atoms with van der Waals surface area (Å²) >= 11 is 1.84. The van der Waals surface area contributed by atoms with E-state index in [1.807, 2.05) is 48.3 Å². The monoisotopic (exact) mass is 355 g/mol. The second kappa shape index (κ2) is 6.59. The summed E-state index contributed by atoms with van der Waals surface area (Å²) in [6, 6.07) is 12.1. The molecule has 2 aliphatic rings. The van der Waals surface area contributed by atoms with E-state index in [9.17, 15) is 0 Å². The first-order valence-corrected chi connectivity index (χ1v) is 9.23. The summed E-state index contributed by atoms with van der Waals surface area (Å²) in [4.78, 5) is 12.0. The number of aromatic nitrogens is 1. The van der Waals surface area contributed by atoms with E-state index >= 15 is 0 Å². The number of fused-ring (bicyclic) bond motifs is 1. The van der Waals surface area contributed by atoms with Gasteiger partial charge in [0.2, 0.25) is 0 Å². The zero-order valence-electron chi connectivity index (χ0n) is 14.5. The van der Waals surface area contributed by atoms with Gasteiger partial charge < -0.3 is 14.4 Å². The fourth-order valence-electron chi connectivity index (χ4n) is 3.52. The van der Waals surface area contributed by atoms with E-state index in [-0.39, 0.29) is 12.1 Å². The number of ether oxygens (including phenoxy) is 2. The summed E-state index contributed by atoms with van der Waals surface area (Å²) < 4.78 is 11.0. The Hall–Kier alpha value is -2.21. The number of thioether (sulfide) groups is 1. The zero-order chi connectivity index (χ0) is 17.4. The van der Waals surface area contributed by atoms with E-state index in [0.29, 0.717) is 5.25 Å². The van der Waals surface area contributed by atoms with Gasteiger partial charge >= 0.3 is 0 Å². The standard InChI is InChI=1S/C19H21N3O2S/c1-12-11-22-18(14-8-7-13(23-2)10-16(14)24-3)17(21-19(22)25-12)15-6-4-5-9-20-15/h4-10,12,17-18H,11H2,1-3H3. The number of aliphatic imine (C=N–C) groups is 1. The molecule has 0 saturated carbocycles. The number of amidine groups is 1. The average Bonchev–Trinajstić information content (AvgIpc) is 3.17. The van der Waals surface area contributed by atoms with Gasteiger partial charge in [0.15, 0.2) is 5.17 Å². The van der Waals surface area contributed by atoms with Crippen molar-refractivity contribution in [1.29, 1.82) is 0 Å². The smallest absolute Gasteiger partial charge is 0.160 e. The van der Waals surface area contributed by atoms with Crippen LogP contribution in [0.1, 0.15) is 30.3 Å². The molecule has 1 saturated heterocycles. The maximum Gasteiger partial charge on any atom is 0.160 e. The molecule has 130 valence electrons. The first-order chi connectivity index (χ1) is 12.2. The van der Waals surface area contributed by atoms with Crippen LogP contribution in [0.3, 0.4) is 0 Å². The van der Waals surface area contributed by atoms with Crippen LogP contribution in [0, 0.1) is 0 Å². The Morgan fingerprint density at radius 1 is 1.16 bits per heavy atom. The minimum Gasteiger partial charge on any atom is -0.497 e. The van der Waals surface area contributed by atoms with Crippen LogP contribution in [0.2, 0.25) is 0 Å². The molecule has 3 heterocycles. The lowest BCUT2D eigenvalue weighted by Gasteiger charge is -2.28. The van der Waals surface area contributed by atoms with Crippen LogP contribution in [0.25, 0.3) is 0 Å². The third-order valence-corrected chi connectivity index (χ3v) is 5.74. The largest absolute Gasteiger partial charge is 0.497 e. The number of pyridine rings is 1. The van der Waals surface area contributed by atoms with Crippen molar-refractivity contribution in [1.82, 2.24) is 9.88 Å². The molecule has 4 rings (SSSR count). The number of benzene rings is 1. The molecule has 0 spiro atoms. The highest BCUT2D eigenvalue weighted by Gasteiger charge is 2.44. The lowest BCUT2D eigenvalue weighted by atomic mass is 9.95. The van der Waals surface area contributed by atoms with Gasteiger partial charge in [-0.15, -0.1) is 0 Å². The van der Waals surface area contributed by atoms with Crippen LogP contribution in [-0.2, 0) is 0 Å². The van der Waals surface area contributed by atoms with Crippen molar-refractivity contribution >= 4 is 16.9 Å². The van der Waals surface area contributed by atoms with Crippen LogP contribution in [0.15, 0.2) is 47.6 Å². The van der Waals surface area contributed by atoms with Crippen molar-refractivity contribution in [3.05, 3.63) is 53.9 Å². The van der Waals surface area contributed by atoms with Gasteiger partial charge in [-0.25, -0.2) is 0 Å². The Kier molecular flexibility index (Phi) is 4.29. The molecule has 2 aromatic rings. The van der Waals surface area contributed by atoms with Crippen LogP contribution in [0.4, 0.5) is 0 Å². The van der Waals surface area contributed by atoms with Gasteiger partial charge in [0.1, 0.15) is 17.5 Å². The Morgan fingerprint density at radius 2 is 2.04 bits per heavy atom. The Labute approximate surface area is 152 Å². The van der Waals surface area contributed by atoms with Crippen molar-refractivity contribution in [3.63, 3.8) is 0 Å². The normalized spacial score (nSPS) is 24.8. The van der Waals surface area contributed by atoms with Crippen molar-refractivity contribution in [2.45, 2.75) is 24.3 Å². The Balaban J connectivity index is 1.80. The first kappa shape index (κ1) is 16.3. The van der Waals surface area contributed by atoms with Gasteiger partial charge in [0, 0.05) is 29.6 Å². The predicted molar refractivity (Wildman–Crippen MR) is 100 cm³/mol. The number of hydrogen-bond acceptors (Lipinski definition) is 6. The van der Waals surface area contributed by atoms with Gasteiger partial charge in [-0.3, -0.25) is 9.98 Å². The summed E-state index contributed by atoms with van der Waals surface area (Å²) in [7, 11) is 3.37. The Bertz CT molecular complexity index is 797. The second-order valence-corrected chi connectivity index (χ2v) is 7.65. The summed E-state index contributed by atoms with van der Waals surface area (Å²) in [5, 5.41) is 1.64. The lowest BCUT2D eigenvalue weighted by Crippen LogP contribution is -2.28. The van der Waals surface area contributed by atoms with Crippen LogP contribution < -0.4 is 9.47 Å². The molecule has 25 heavy (non-hydrogen) atoms. The van der Waals surface area contributed by atoms with E-state index < -0.39 is 0 Å². The summed E-state index contributed by atoms with van der Waals surface area (Å²) in [5.41, 5.74) is 2.10. The second-order valence-electron chi connectivity index (χ2n) is 6.24. The number of methoxy groups -OCH3 is 2. The zero-order valence-corrected chi connectivity index (χ0v) is 15.4. The molecule has 0 aliphatic carbocycles. The fraction of sp³-hybridized carbons (Fsp3) is 0.368. The summed E-state index contributed by atoms with van der Waals surface area (Å²) in [6.45, 7) is 3.22. The quantitative estimate of drug-likeness (QED) is 0.837. The van der Waals surface area contributed by atoms with Crippen molar-refractivity contribution in [3.8, 4) is 11.5 Å². The molecule has 0 radical (unpaired) electrons. The number of nitrogens with zero attached hydrogens (tertiary/aromatic N) is 3. The third-order valence-electron chi connectivity index (χ3n) is 4.64. The maximum atomic E-state index is 5.67. The van der Waals surface area contributed by atoms with E-state index in [1.54, 1.807) is 14.2 Å². The van der Waals surface area contributed by atoms with Gasteiger partial charge in [0.05, 0.1) is 26.0 Å². The molecule has 6 heteroatoms. The van der Waals surface area contributed by atoms with Crippen LogP contribution >= 0.6 is 11.8 Å². The van der Waals surface area contributed by atoms with Crippen molar-refractivity contribution < 1.29 is 9.47 Å². The Morgan fingerprint density at radius 3 is 2.76 bits per heavy atom. The van der Waals surface area contributed by atoms with Gasteiger partial charge in [0.25, 0.3) is 0 Å². The number of hydrogen-bond donors (Lipinski definition) is 0. The van der Waals surface area contributed by atoms with E-state index in [4.69, 9.17) is 14.5 Å². The highest BCUT2D eigenvalue weighted by atomic mass is 32.2. The van der Waals surface area contributed by atoms with Gasteiger partial charge in [-0.2, -0.15) is 0 Å². The van der Waals surface area contributed by atoms with Gasteiger partial charge in [-0.1, -0.05) is 24.8 Å². The highest BCUT2D eigenvalue weighted by Crippen LogP contribution is 2.49. The molecule has 3 atom stereocenters. The topological polar surface area (TPSA) is 47.0 Å². The average molecular weight is 355 g/mol. The van der Waals surface area contributed by atoms with E-state index in [2.05, 4.69) is 22.9 Å². The van der Waals surface area contributed by atoms with Crippen molar-refractivity contribution in [2.24, 2.45) is 4.99 Å². The van der Waals surface area contributed by atoms with E-state index in [1.165, 1.54) is 0 Å². The number of rotatable bonds is 4. The maximum absolute atomic E-state index is 5.67.